The molecule has 1 amide bonds. The molecule has 21 heavy (non-hydrogen) atoms. The third kappa shape index (κ3) is 1.48. The van der Waals surface area contributed by atoms with E-state index in [4.69, 9.17) is 4.74 Å². The summed E-state index contributed by atoms with van der Waals surface area (Å²) in [5.41, 5.74) is 0.904. The topological polar surface area (TPSA) is 49.9 Å². The Kier molecular flexibility index (Phi) is 2.35. The van der Waals surface area contributed by atoms with Gasteiger partial charge in [0.1, 0.15) is 6.10 Å². The average molecular weight is 279 g/mol. The van der Waals surface area contributed by atoms with Crippen LogP contribution in [0.3, 0.4) is 0 Å². The minimum absolute atomic E-state index is 0.137. The Morgan fingerprint density at radius 1 is 1.10 bits per heavy atom. The van der Waals surface area contributed by atoms with Crippen LogP contribution in [-0.2, 0) is 9.53 Å². The van der Waals surface area contributed by atoms with Crippen LogP contribution in [0.2, 0.25) is 0 Å². The van der Waals surface area contributed by atoms with E-state index in [2.05, 4.69) is 0 Å². The van der Waals surface area contributed by atoms with Gasteiger partial charge < -0.3 is 4.74 Å². The molecule has 2 aliphatic heterocycles. The fourth-order valence-corrected chi connectivity index (χ4v) is 3.15. The molecule has 2 aliphatic rings. The number of nitrogens with zero attached hydrogens (tertiary/aromatic N) is 1. The zero-order valence-corrected chi connectivity index (χ0v) is 11.4. The number of carbonyl (C=O) groups is 2. The Morgan fingerprint density at radius 2 is 1.76 bits per heavy atom. The molecule has 0 aliphatic carbocycles. The molecule has 4 nitrogen and oxygen atoms in total. The highest BCUT2D eigenvalue weighted by Crippen LogP contribution is 2.59. The second-order valence-corrected chi connectivity index (χ2v) is 5.31. The van der Waals surface area contributed by atoms with Crippen molar-refractivity contribution in [1.29, 1.82) is 0 Å². The maximum Gasteiger partial charge on any atom is 0.244 e. The fourth-order valence-electron chi connectivity index (χ4n) is 3.15. The SMILES string of the molecule is CC(=O)N1c2ccccc2C(=O)[C@]12O[C@@H]2c1ccccc1. The first-order chi connectivity index (χ1) is 10.2. The molecule has 0 bridgehead atoms. The van der Waals surface area contributed by atoms with Crippen molar-refractivity contribution in [2.75, 3.05) is 4.90 Å². The lowest BCUT2D eigenvalue weighted by atomic mass is 10.0. The molecule has 2 aromatic rings. The molecule has 104 valence electrons. The van der Waals surface area contributed by atoms with Crippen LogP contribution < -0.4 is 4.90 Å². The van der Waals surface area contributed by atoms with Gasteiger partial charge in [0.25, 0.3) is 0 Å². The van der Waals surface area contributed by atoms with E-state index >= 15 is 0 Å². The van der Waals surface area contributed by atoms with Gasteiger partial charge in [-0.15, -0.1) is 0 Å². The Bertz CT molecular complexity index is 756. The first-order valence-electron chi connectivity index (χ1n) is 6.83. The molecule has 1 saturated heterocycles. The maximum atomic E-state index is 12.8. The van der Waals surface area contributed by atoms with Crippen LogP contribution in [-0.4, -0.2) is 17.4 Å². The number of ketones is 1. The van der Waals surface area contributed by atoms with Gasteiger partial charge in [0, 0.05) is 12.5 Å². The number of amides is 1. The average Bonchev–Trinajstić information content (AvgIpc) is 3.18. The number of hydrogen-bond acceptors (Lipinski definition) is 3. The number of carbonyl (C=O) groups excluding carboxylic acids is 2. The molecule has 2 atom stereocenters. The number of rotatable bonds is 1. The highest BCUT2D eigenvalue weighted by atomic mass is 16.6. The predicted octanol–water partition coefficient (Wildman–Crippen LogP) is 2.70. The number of hydrogen-bond donors (Lipinski definition) is 0. The number of fused-ring (bicyclic) bond motifs is 1. The summed E-state index contributed by atoms with van der Waals surface area (Å²) in [4.78, 5) is 26.3. The Hall–Kier alpha value is -2.46. The van der Waals surface area contributed by atoms with Gasteiger partial charge in [-0.2, -0.15) is 0 Å². The van der Waals surface area contributed by atoms with E-state index in [9.17, 15) is 9.59 Å². The highest BCUT2D eigenvalue weighted by Gasteiger charge is 2.72. The van der Waals surface area contributed by atoms with E-state index < -0.39 is 11.8 Å². The van der Waals surface area contributed by atoms with Gasteiger partial charge in [-0.25, -0.2) is 0 Å². The van der Waals surface area contributed by atoms with E-state index in [1.165, 1.54) is 11.8 Å². The maximum absolute atomic E-state index is 12.8. The van der Waals surface area contributed by atoms with Crippen LogP contribution in [0.15, 0.2) is 54.6 Å². The molecule has 2 aromatic carbocycles. The van der Waals surface area contributed by atoms with Gasteiger partial charge in [0.15, 0.2) is 0 Å². The first kappa shape index (κ1) is 12.3. The predicted molar refractivity (Wildman–Crippen MR) is 76.9 cm³/mol. The Labute approximate surface area is 121 Å². The fraction of sp³-hybridized carbons (Fsp3) is 0.176. The van der Waals surface area contributed by atoms with Crippen molar-refractivity contribution in [3.8, 4) is 0 Å². The molecule has 0 unspecified atom stereocenters. The number of ether oxygens (including phenoxy) is 1. The smallest absolute Gasteiger partial charge is 0.244 e. The quantitative estimate of drug-likeness (QED) is 0.754. The number of anilines is 1. The lowest BCUT2D eigenvalue weighted by Gasteiger charge is -2.20. The van der Waals surface area contributed by atoms with Crippen molar-refractivity contribution in [3.63, 3.8) is 0 Å². The zero-order chi connectivity index (χ0) is 14.6. The van der Waals surface area contributed by atoms with E-state index in [0.717, 1.165) is 5.56 Å². The third-order valence-electron chi connectivity index (χ3n) is 4.06. The summed E-state index contributed by atoms with van der Waals surface area (Å²) in [5.74, 6) is -0.325. The Morgan fingerprint density at radius 3 is 2.48 bits per heavy atom. The Balaban J connectivity index is 1.84. The van der Waals surface area contributed by atoms with Crippen molar-refractivity contribution in [1.82, 2.24) is 0 Å². The number of Topliss-reactive ketones (excluding diaryl/α,β-unsaturated/α-hetero) is 1. The van der Waals surface area contributed by atoms with Crippen molar-refractivity contribution in [2.45, 2.75) is 18.8 Å². The van der Waals surface area contributed by atoms with Gasteiger partial charge in [-0.05, 0) is 17.7 Å². The summed E-state index contributed by atoms with van der Waals surface area (Å²) >= 11 is 0. The van der Waals surface area contributed by atoms with Crippen molar-refractivity contribution >= 4 is 17.4 Å². The lowest BCUT2D eigenvalue weighted by Crippen LogP contribution is -2.43. The normalized spacial score (nSPS) is 26.0. The van der Waals surface area contributed by atoms with Gasteiger partial charge >= 0.3 is 0 Å². The van der Waals surface area contributed by atoms with Crippen LogP contribution in [0.4, 0.5) is 5.69 Å². The van der Waals surface area contributed by atoms with Crippen LogP contribution >= 0.6 is 0 Å². The van der Waals surface area contributed by atoms with Crippen molar-refractivity contribution in [3.05, 3.63) is 65.7 Å². The summed E-state index contributed by atoms with van der Waals surface area (Å²) in [6.07, 6.45) is -0.400. The van der Waals surface area contributed by atoms with Crippen LogP contribution in [0.25, 0.3) is 0 Å². The molecule has 0 radical (unpaired) electrons. The minimum atomic E-state index is -1.18. The molecular formula is C17H13NO3. The third-order valence-corrected chi connectivity index (χ3v) is 4.06. The van der Waals surface area contributed by atoms with E-state index in [1.54, 1.807) is 18.2 Å². The van der Waals surface area contributed by atoms with E-state index in [0.29, 0.717) is 11.3 Å². The summed E-state index contributed by atoms with van der Waals surface area (Å²) < 4.78 is 5.78. The lowest BCUT2D eigenvalue weighted by molar-refractivity contribution is -0.117. The summed E-state index contributed by atoms with van der Waals surface area (Å²) in [6, 6.07) is 16.7. The minimum Gasteiger partial charge on any atom is -0.332 e. The monoisotopic (exact) mass is 279 g/mol. The van der Waals surface area contributed by atoms with Gasteiger partial charge in [0.05, 0.1) is 5.69 Å². The number of para-hydroxylation sites is 1. The van der Waals surface area contributed by atoms with Crippen molar-refractivity contribution < 1.29 is 14.3 Å². The van der Waals surface area contributed by atoms with Crippen LogP contribution in [0.5, 0.6) is 0 Å². The molecule has 2 heterocycles. The van der Waals surface area contributed by atoms with Crippen molar-refractivity contribution in [2.24, 2.45) is 0 Å². The summed E-state index contributed by atoms with van der Waals surface area (Å²) in [7, 11) is 0. The molecule has 0 aromatic heterocycles. The number of benzene rings is 2. The zero-order valence-electron chi connectivity index (χ0n) is 11.4. The second-order valence-electron chi connectivity index (χ2n) is 5.31. The van der Waals surface area contributed by atoms with Gasteiger partial charge in [-0.1, -0.05) is 42.5 Å². The second kappa shape index (κ2) is 4.02. The highest BCUT2D eigenvalue weighted by molar-refractivity contribution is 6.21. The molecule has 1 fully saturated rings. The molecule has 4 rings (SSSR count). The van der Waals surface area contributed by atoms with Crippen LogP contribution in [0, 0.1) is 0 Å². The van der Waals surface area contributed by atoms with E-state index in [-0.39, 0.29) is 11.7 Å². The summed E-state index contributed by atoms with van der Waals surface area (Å²) in [6.45, 7) is 1.46. The van der Waals surface area contributed by atoms with Gasteiger partial charge in [-0.3, -0.25) is 14.5 Å². The number of epoxide rings is 1. The van der Waals surface area contributed by atoms with Gasteiger partial charge in [0.2, 0.25) is 17.4 Å². The first-order valence-corrected chi connectivity index (χ1v) is 6.83. The largest absolute Gasteiger partial charge is 0.332 e. The molecule has 4 heteroatoms. The summed E-state index contributed by atoms with van der Waals surface area (Å²) in [5, 5.41) is 0. The molecular weight excluding hydrogens is 266 g/mol. The molecule has 0 saturated carbocycles. The molecule has 1 spiro atoms. The van der Waals surface area contributed by atoms with E-state index in [1.807, 2.05) is 36.4 Å². The van der Waals surface area contributed by atoms with Crippen LogP contribution in [0.1, 0.15) is 28.9 Å². The molecule has 0 N–H and O–H groups in total. The standard InChI is InChI=1S/C17H13NO3/c1-11(19)18-14-10-6-5-9-13(14)15(20)17(18)16(21-17)12-7-3-2-4-8-12/h2-10,16H,1H3/t16-,17-/m1/s1.